The molecule has 0 fully saturated rings. The van der Waals surface area contributed by atoms with Crippen LogP contribution in [0.15, 0.2) is 47.4 Å². The lowest BCUT2D eigenvalue weighted by Gasteiger charge is -2.10. The second-order valence-electron chi connectivity index (χ2n) is 4.32. The van der Waals surface area contributed by atoms with Gasteiger partial charge >= 0.3 is 0 Å². The molecule has 0 aromatic heterocycles. The lowest BCUT2D eigenvalue weighted by Crippen LogP contribution is -2.14. The van der Waals surface area contributed by atoms with Gasteiger partial charge in [0.2, 0.25) is 0 Å². The van der Waals surface area contributed by atoms with Crippen LogP contribution < -0.4 is 4.72 Å². The topological polar surface area (TPSA) is 63.2 Å². The number of hydrogen-bond acceptors (Lipinski definition) is 3. The third kappa shape index (κ3) is 3.59. The van der Waals surface area contributed by atoms with Crippen LogP contribution in [0.1, 0.15) is 17.3 Å². The maximum atomic E-state index is 13.0. The van der Waals surface area contributed by atoms with Crippen LogP contribution in [0.4, 0.5) is 10.1 Å². The zero-order chi connectivity index (χ0) is 15.6. The van der Waals surface area contributed by atoms with Crippen molar-refractivity contribution in [3.05, 3.63) is 58.9 Å². The third-order valence-corrected chi connectivity index (χ3v) is 4.57. The first-order valence-electron chi connectivity index (χ1n) is 5.88. The molecule has 0 radical (unpaired) electrons. The number of nitrogens with one attached hydrogen (secondary N) is 1. The Morgan fingerprint density at radius 3 is 2.52 bits per heavy atom. The van der Waals surface area contributed by atoms with Crippen LogP contribution in [0.25, 0.3) is 0 Å². The van der Waals surface area contributed by atoms with Crippen LogP contribution in [-0.2, 0) is 10.0 Å². The van der Waals surface area contributed by atoms with E-state index in [9.17, 15) is 17.6 Å². The Morgan fingerprint density at radius 1 is 1.19 bits per heavy atom. The Labute approximate surface area is 126 Å². The summed E-state index contributed by atoms with van der Waals surface area (Å²) in [4.78, 5) is 11.0. The Balaban J connectivity index is 2.37. The molecule has 21 heavy (non-hydrogen) atoms. The number of ketones is 1. The molecular weight excluding hydrogens is 317 g/mol. The first-order chi connectivity index (χ1) is 9.79. The van der Waals surface area contributed by atoms with Gasteiger partial charge in [-0.05, 0) is 37.3 Å². The molecule has 1 N–H and O–H groups in total. The molecule has 2 aromatic carbocycles. The molecule has 110 valence electrons. The molecule has 0 saturated carbocycles. The van der Waals surface area contributed by atoms with Crippen molar-refractivity contribution in [1.29, 1.82) is 0 Å². The fourth-order valence-corrected chi connectivity index (χ4v) is 3.29. The van der Waals surface area contributed by atoms with Gasteiger partial charge in [-0.15, -0.1) is 0 Å². The van der Waals surface area contributed by atoms with Crippen LogP contribution in [-0.4, -0.2) is 14.2 Å². The molecule has 0 spiro atoms. The Hall–Kier alpha value is -1.92. The lowest BCUT2D eigenvalue weighted by atomic mass is 10.1. The highest BCUT2D eigenvalue weighted by molar-refractivity contribution is 7.92. The number of anilines is 1. The molecular formula is C14H11ClFNO3S. The maximum Gasteiger partial charge on any atom is 0.263 e. The second-order valence-corrected chi connectivity index (χ2v) is 6.38. The van der Waals surface area contributed by atoms with E-state index in [1.807, 2.05) is 0 Å². The summed E-state index contributed by atoms with van der Waals surface area (Å²) in [6, 6.07) is 9.05. The molecule has 2 rings (SSSR count). The molecule has 0 unspecified atom stereocenters. The Morgan fingerprint density at radius 2 is 1.90 bits per heavy atom. The van der Waals surface area contributed by atoms with Crippen molar-refractivity contribution in [2.45, 2.75) is 11.8 Å². The van der Waals surface area contributed by atoms with Gasteiger partial charge in [0.05, 0.1) is 5.02 Å². The number of rotatable bonds is 4. The molecule has 7 heteroatoms. The van der Waals surface area contributed by atoms with E-state index in [0.29, 0.717) is 5.56 Å². The first-order valence-corrected chi connectivity index (χ1v) is 7.74. The summed E-state index contributed by atoms with van der Waals surface area (Å²) in [5.41, 5.74) is 0.600. The largest absolute Gasteiger partial charge is 0.295 e. The van der Waals surface area contributed by atoms with Gasteiger partial charge in [-0.3, -0.25) is 9.52 Å². The zero-order valence-corrected chi connectivity index (χ0v) is 12.5. The van der Waals surface area contributed by atoms with Gasteiger partial charge in [-0.25, -0.2) is 12.8 Å². The van der Waals surface area contributed by atoms with Gasteiger partial charge in [0.25, 0.3) is 10.0 Å². The minimum Gasteiger partial charge on any atom is -0.295 e. The van der Waals surface area contributed by atoms with E-state index in [2.05, 4.69) is 4.72 Å². The Kier molecular flexibility index (Phi) is 4.29. The van der Waals surface area contributed by atoms with Crippen LogP contribution in [0.2, 0.25) is 5.02 Å². The normalized spacial score (nSPS) is 11.2. The fraction of sp³-hybridized carbons (Fsp3) is 0.0714. The van der Waals surface area contributed by atoms with E-state index >= 15 is 0 Å². The van der Waals surface area contributed by atoms with Crippen molar-refractivity contribution in [2.75, 3.05) is 4.72 Å². The average molecular weight is 328 g/mol. The van der Waals surface area contributed by atoms with Crippen LogP contribution >= 0.6 is 11.6 Å². The van der Waals surface area contributed by atoms with Crippen molar-refractivity contribution in [3.8, 4) is 0 Å². The third-order valence-electron chi connectivity index (χ3n) is 2.70. The molecule has 0 aliphatic carbocycles. The minimum absolute atomic E-state index is 0.184. The summed E-state index contributed by atoms with van der Waals surface area (Å²) < 4.78 is 39.7. The SMILES string of the molecule is CC(=O)c1cccc(NS(=O)(=O)c2ccc(F)cc2Cl)c1. The van der Waals surface area contributed by atoms with E-state index in [-0.39, 0.29) is 21.4 Å². The summed E-state index contributed by atoms with van der Waals surface area (Å²) >= 11 is 5.75. The fourth-order valence-electron chi connectivity index (χ4n) is 1.70. The van der Waals surface area contributed by atoms with E-state index in [1.54, 1.807) is 12.1 Å². The van der Waals surface area contributed by atoms with Gasteiger partial charge in [0, 0.05) is 11.3 Å². The van der Waals surface area contributed by atoms with Crippen molar-refractivity contribution in [1.82, 2.24) is 0 Å². The summed E-state index contributed by atoms with van der Waals surface area (Å²) in [6.07, 6.45) is 0. The van der Waals surface area contributed by atoms with Crippen LogP contribution in [0.3, 0.4) is 0 Å². The van der Waals surface area contributed by atoms with Gasteiger partial charge < -0.3 is 0 Å². The summed E-state index contributed by atoms with van der Waals surface area (Å²) in [5.74, 6) is -0.812. The highest BCUT2D eigenvalue weighted by atomic mass is 35.5. The number of halogens is 2. The molecule has 0 saturated heterocycles. The van der Waals surface area contributed by atoms with Crippen molar-refractivity contribution >= 4 is 33.1 Å². The summed E-state index contributed by atoms with van der Waals surface area (Å²) in [5, 5.41) is -0.217. The van der Waals surface area contributed by atoms with E-state index in [1.165, 1.54) is 19.1 Å². The predicted molar refractivity (Wildman–Crippen MR) is 78.7 cm³/mol. The van der Waals surface area contributed by atoms with Crippen molar-refractivity contribution in [3.63, 3.8) is 0 Å². The van der Waals surface area contributed by atoms with Gasteiger partial charge in [-0.1, -0.05) is 23.7 Å². The Bertz CT molecular complexity index is 806. The summed E-state index contributed by atoms with van der Waals surface area (Å²) in [7, 11) is -3.96. The summed E-state index contributed by atoms with van der Waals surface area (Å²) in [6.45, 7) is 1.38. The smallest absolute Gasteiger partial charge is 0.263 e. The number of sulfonamides is 1. The van der Waals surface area contributed by atoms with Crippen LogP contribution in [0, 0.1) is 5.82 Å². The number of carbonyl (C=O) groups is 1. The van der Waals surface area contributed by atoms with Crippen LogP contribution in [0.5, 0.6) is 0 Å². The predicted octanol–water partition coefficient (Wildman–Crippen LogP) is 3.48. The number of hydrogen-bond donors (Lipinski definition) is 1. The van der Waals surface area contributed by atoms with E-state index < -0.39 is 15.8 Å². The molecule has 0 aliphatic heterocycles. The molecule has 0 atom stereocenters. The van der Waals surface area contributed by atoms with Gasteiger partial charge in [0.15, 0.2) is 5.78 Å². The molecule has 4 nitrogen and oxygen atoms in total. The quantitative estimate of drug-likeness (QED) is 0.874. The second kappa shape index (κ2) is 5.83. The highest BCUT2D eigenvalue weighted by Gasteiger charge is 2.18. The number of Topliss-reactive ketones (excluding diaryl/α,β-unsaturated/α-hetero) is 1. The van der Waals surface area contributed by atoms with E-state index in [4.69, 9.17) is 11.6 Å². The lowest BCUT2D eigenvalue weighted by molar-refractivity contribution is 0.101. The van der Waals surface area contributed by atoms with Crippen molar-refractivity contribution in [2.24, 2.45) is 0 Å². The highest BCUT2D eigenvalue weighted by Crippen LogP contribution is 2.24. The standard InChI is InChI=1S/C14H11ClFNO3S/c1-9(18)10-3-2-4-12(7-10)17-21(19,20)14-6-5-11(16)8-13(14)15/h2-8,17H,1H3. The average Bonchev–Trinajstić information content (AvgIpc) is 2.37. The van der Waals surface area contributed by atoms with Crippen molar-refractivity contribution < 1.29 is 17.6 Å². The molecule has 0 amide bonds. The monoisotopic (exact) mass is 327 g/mol. The number of carbonyl (C=O) groups excluding carboxylic acids is 1. The number of benzene rings is 2. The molecule has 0 heterocycles. The van der Waals surface area contributed by atoms with E-state index in [0.717, 1.165) is 18.2 Å². The maximum absolute atomic E-state index is 13.0. The molecule has 0 bridgehead atoms. The van der Waals surface area contributed by atoms with Gasteiger partial charge in [-0.2, -0.15) is 0 Å². The van der Waals surface area contributed by atoms with Gasteiger partial charge in [0.1, 0.15) is 10.7 Å². The molecule has 0 aliphatic rings. The first kappa shape index (κ1) is 15.5. The molecule has 2 aromatic rings. The minimum atomic E-state index is -3.96. The zero-order valence-electron chi connectivity index (χ0n) is 10.9.